The smallest absolute Gasteiger partial charge is 0.417 e. The first-order valence-electron chi connectivity index (χ1n) is 10.4. The molecule has 12 heteroatoms. The van der Waals surface area contributed by atoms with E-state index in [1.54, 1.807) is 27.7 Å². The fourth-order valence-corrected chi connectivity index (χ4v) is 3.02. The van der Waals surface area contributed by atoms with Crippen molar-refractivity contribution in [3.8, 4) is 0 Å². The summed E-state index contributed by atoms with van der Waals surface area (Å²) in [6.07, 6.45) is -0.824. The maximum Gasteiger partial charge on any atom is 0.417 e. The van der Waals surface area contributed by atoms with Crippen LogP contribution in [0.4, 0.5) is 10.5 Å². The van der Waals surface area contributed by atoms with Crippen LogP contribution in [0.2, 0.25) is 0 Å². The molecule has 2 unspecified atom stereocenters. The molecule has 1 fully saturated rings. The predicted octanol–water partition coefficient (Wildman–Crippen LogP) is 0.494. The highest BCUT2D eigenvalue weighted by molar-refractivity contribution is 5.97. The number of nitro benzene ring substituents is 1. The number of hydrogen-bond acceptors (Lipinski definition) is 8. The molecule has 12 nitrogen and oxygen atoms in total. The zero-order valence-corrected chi connectivity index (χ0v) is 19.0. The minimum atomic E-state index is -0.967. The third-order valence-electron chi connectivity index (χ3n) is 4.61. The molecule has 0 bridgehead atoms. The fourth-order valence-electron chi connectivity index (χ4n) is 3.02. The summed E-state index contributed by atoms with van der Waals surface area (Å²) >= 11 is 0. The number of amides is 4. The molecule has 1 saturated heterocycles. The lowest BCUT2D eigenvalue weighted by Gasteiger charge is -2.28. The molecular formula is C21H29N5O7. The Kier molecular flexibility index (Phi) is 8.46. The lowest BCUT2D eigenvalue weighted by Crippen LogP contribution is -2.56. The van der Waals surface area contributed by atoms with Crippen molar-refractivity contribution in [1.82, 2.24) is 20.9 Å². The van der Waals surface area contributed by atoms with E-state index in [4.69, 9.17) is 4.74 Å². The molecule has 33 heavy (non-hydrogen) atoms. The Morgan fingerprint density at radius 3 is 2.42 bits per heavy atom. The van der Waals surface area contributed by atoms with Gasteiger partial charge in [-0.3, -0.25) is 29.8 Å². The van der Waals surface area contributed by atoms with Crippen LogP contribution in [0.15, 0.2) is 24.3 Å². The fraction of sp³-hybridized carbons (Fsp3) is 0.524. The van der Waals surface area contributed by atoms with Gasteiger partial charge in [-0.2, -0.15) is 0 Å². The third-order valence-corrected chi connectivity index (χ3v) is 4.61. The van der Waals surface area contributed by atoms with Gasteiger partial charge in [-0.05, 0) is 39.7 Å². The van der Waals surface area contributed by atoms with E-state index in [2.05, 4.69) is 16.0 Å². The normalized spacial score (nSPS) is 20.7. The van der Waals surface area contributed by atoms with Gasteiger partial charge in [0.15, 0.2) is 0 Å². The van der Waals surface area contributed by atoms with E-state index in [9.17, 15) is 29.3 Å². The van der Waals surface area contributed by atoms with Crippen molar-refractivity contribution in [2.45, 2.75) is 51.8 Å². The van der Waals surface area contributed by atoms with Gasteiger partial charge >= 0.3 is 6.09 Å². The Morgan fingerprint density at radius 2 is 1.85 bits per heavy atom. The van der Waals surface area contributed by atoms with Gasteiger partial charge in [-0.15, -0.1) is 0 Å². The second kappa shape index (κ2) is 10.9. The largest absolute Gasteiger partial charge is 0.443 e. The number of nitrogens with zero attached hydrogens (tertiary/aromatic N) is 2. The second-order valence-electron chi connectivity index (χ2n) is 8.74. The van der Waals surface area contributed by atoms with Crippen LogP contribution in [-0.2, 0) is 25.5 Å². The van der Waals surface area contributed by atoms with Crippen molar-refractivity contribution in [2.75, 3.05) is 19.6 Å². The van der Waals surface area contributed by atoms with Crippen molar-refractivity contribution < 1.29 is 28.8 Å². The number of ether oxygens (including phenoxy) is 1. The number of rotatable bonds is 3. The summed E-state index contributed by atoms with van der Waals surface area (Å²) in [7, 11) is 0. The molecule has 4 amide bonds. The summed E-state index contributed by atoms with van der Waals surface area (Å²) in [4.78, 5) is 61.4. The van der Waals surface area contributed by atoms with Crippen molar-refractivity contribution in [2.24, 2.45) is 0 Å². The Balaban J connectivity index is 2.22. The number of carbonyl (C=O) groups is 4. The van der Waals surface area contributed by atoms with Crippen molar-refractivity contribution >= 4 is 29.5 Å². The molecule has 2 rings (SSSR count). The van der Waals surface area contributed by atoms with Crippen LogP contribution in [0.1, 0.15) is 33.3 Å². The average molecular weight is 463 g/mol. The number of carbonyl (C=O) groups excluding carboxylic acids is 4. The predicted molar refractivity (Wildman–Crippen MR) is 117 cm³/mol. The van der Waals surface area contributed by atoms with E-state index in [1.807, 2.05) is 0 Å². The van der Waals surface area contributed by atoms with Crippen LogP contribution in [0.3, 0.4) is 0 Å². The zero-order chi connectivity index (χ0) is 24.8. The Bertz CT molecular complexity index is 911. The molecule has 1 aliphatic heterocycles. The van der Waals surface area contributed by atoms with E-state index < -0.39 is 59.5 Å². The molecule has 0 aliphatic carbocycles. The molecule has 180 valence electrons. The highest BCUT2D eigenvalue weighted by atomic mass is 16.6. The molecule has 1 aromatic carbocycles. The average Bonchev–Trinajstić information content (AvgIpc) is 2.71. The molecule has 3 N–H and O–H groups in total. The summed E-state index contributed by atoms with van der Waals surface area (Å²) in [6, 6.07) is 4.39. The van der Waals surface area contributed by atoms with Crippen molar-refractivity contribution in [3.63, 3.8) is 0 Å². The van der Waals surface area contributed by atoms with Gasteiger partial charge in [-0.25, -0.2) is 9.69 Å². The second-order valence-corrected chi connectivity index (χ2v) is 8.74. The first-order valence-corrected chi connectivity index (χ1v) is 10.4. The van der Waals surface area contributed by atoms with Crippen LogP contribution >= 0.6 is 0 Å². The van der Waals surface area contributed by atoms with Gasteiger partial charge < -0.3 is 15.4 Å². The Labute approximate surface area is 191 Å². The molecule has 2 atom stereocenters. The number of benzene rings is 1. The minimum Gasteiger partial charge on any atom is -0.443 e. The number of non-ortho nitro benzene ring substituents is 1. The van der Waals surface area contributed by atoms with Gasteiger partial charge in [-0.1, -0.05) is 12.1 Å². The topological polar surface area (TPSA) is 160 Å². The summed E-state index contributed by atoms with van der Waals surface area (Å²) in [6.45, 7) is 5.77. The van der Waals surface area contributed by atoms with E-state index in [0.29, 0.717) is 10.5 Å². The standard InChI is InChI=1S/C21H29N5O7/c1-13-10-23-19(29)16(9-14-5-7-15(8-6-14)26(31)32)22-11-18(28)25(12-17(27)24-13)20(30)33-21(2,3)4/h5-8,13,16,22H,9-12H2,1-4H3,(H,23,29)(H,24,27). The first kappa shape index (κ1) is 25.7. The lowest BCUT2D eigenvalue weighted by atomic mass is 10.0. The van der Waals surface area contributed by atoms with E-state index >= 15 is 0 Å². The van der Waals surface area contributed by atoms with E-state index in [-0.39, 0.29) is 18.7 Å². The molecule has 1 heterocycles. The number of nitro groups is 1. The summed E-state index contributed by atoms with van der Waals surface area (Å²) in [5, 5.41) is 19.0. The molecule has 0 aromatic heterocycles. The monoisotopic (exact) mass is 463 g/mol. The number of hydrogen-bond donors (Lipinski definition) is 3. The Hall–Kier alpha value is -3.54. The SMILES string of the molecule is CC1CNC(=O)C(Cc2ccc([N+](=O)[O-])cc2)NCC(=O)N(C(=O)OC(C)(C)C)CC(=O)N1. The van der Waals surface area contributed by atoms with E-state index in [1.165, 1.54) is 24.3 Å². The molecule has 0 spiro atoms. The van der Waals surface area contributed by atoms with Gasteiger partial charge in [0.1, 0.15) is 12.1 Å². The zero-order valence-electron chi connectivity index (χ0n) is 19.0. The quantitative estimate of drug-likeness (QED) is 0.431. The van der Waals surface area contributed by atoms with Crippen molar-refractivity contribution in [3.05, 3.63) is 39.9 Å². The highest BCUT2D eigenvalue weighted by Gasteiger charge is 2.31. The molecule has 1 aromatic rings. The third kappa shape index (κ3) is 8.15. The maximum atomic E-state index is 12.8. The summed E-state index contributed by atoms with van der Waals surface area (Å²) in [5.41, 5.74) is -0.322. The Morgan fingerprint density at radius 1 is 1.21 bits per heavy atom. The molecular weight excluding hydrogens is 434 g/mol. The van der Waals surface area contributed by atoms with Crippen LogP contribution < -0.4 is 16.0 Å². The lowest BCUT2D eigenvalue weighted by molar-refractivity contribution is -0.384. The summed E-state index contributed by atoms with van der Waals surface area (Å²) in [5.74, 6) is -1.74. The van der Waals surface area contributed by atoms with Crippen LogP contribution in [0, 0.1) is 10.1 Å². The number of imide groups is 1. The molecule has 0 saturated carbocycles. The van der Waals surface area contributed by atoms with Crippen LogP contribution in [0.5, 0.6) is 0 Å². The van der Waals surface area contributed by atoms with Gasteiger partial charge in [0.05, 0.1) is 17.5 Å². The van der Waals surface area contributed by atoms with Crippen LogP contribution in [0.25, 0.3) is 0 Å². The number of nitrogens with one attached hydrogen (secondary N) is 3. The van der Waals surface area contributed by atoms with Gasteiger partial charge in [0.2, 0.25) is 17.7 Å². The highest BCUT2D eigenvalue weighted by Crippen LogP contribution is 2.14. The van der Waals surface area contributed by atoms with Gasteiger partial charge in [0, 0.05) is 24.7 Å². The van der Waals surface area contributed by atoms with Crippen molar-refractivity contribution in [1.29, 1.82) is 0 Å². The maximum absolute atomic E-state index is 12.8. The summed E-state index contributed by atoms with van der Waals surface area (Å²) < 4.78 is 5.25. The van der Waals surface area contributed by atoms with Crippen LogP contribution in [-0.4, -0.2) is 71.0 Å². The van der Waals surface area contributed by atoms with Gasteiger partial charge in [0.25, 0.3) is 5.69 Å². The molecule has 0 radical (unpaired) electrons. The minimum absolute atomic E-state index is 0.0809. The molecule has 1 aliphatic rings. The first-order chi connectivity index (χ1) is 15.4. The van der Waals surface area contributed by atoms with E-state index in [0.717, 1.165) is 0 Å².